The van der Waals surface area contributed by atoms with Gasteiger partial charge in [0.05, 0.1) is 36.9 Å². The zero-order valence-corrected chi connectivity index (χ0v) is 11.4. The summed E-state index contributed by atoms with van der Waals surface area (Å²) in [5.74, 6) is -0.775. The lowest BCUT2D eigenvalue weighted by Crippen LogP contribution is -2.16. The fourth-order valence-electron chi connectivity index (χ4n) is 1.52. The fraction of sp³-hybridized carbons (Fsp3) is 0.500. The summed E-state index contributed by atoms with van der Waals surface area (Å²) in [4.78, 5) is 0. The number of alkyl halides is 3. The number of hydrogen-bond donors (Lipinski definition) is 1. The van der Waals surface area contributed by atoms with E-state index >= 15 is 0 Å². The van der Waals surface area contributed by atoms with Gasteiger partial charge in [-0.3, -0.25) is 0 Å². The van der Waals surface area contributed by atoms with Gasteiger partial charge < -0.3 is 9.84 Å². The molecule has 0 atom stereocenters. The molecule has 0 unspecified atom stereocenters. The molecule has 0 bridgehead atoms. The zero-order valence-electron chi connectivity index (χ0n) is 10.6. The van der Waals surface area contributed by atoms with Crippen molar-refractivity contribution in [3.05, 3.63) is 35.4 Å². The van der Waals surface area contributed by atoms with Gasteiger partial charge in [0.2, 0.25) is 0 Å². The normalized spacial score (nSPS) is 12.6. The molecule has 0 radical (unpaired) electrons. The number of hydrogen-bond acceptors (Lipinski definition) is 4. The predicted octanol–water partition coefficient (Wildman–Crippen LogP) is 1.63. The summed E-state index contributed by atoms with van der Waals surface area (Å²) in [5.41, 5.74) is -0.788. The minimum Gasteiger partial charge on any atom is -0.394 e. The first-order valence-electron chi connectivity index (χ1n) is 5.80. The number of rotatable bonds is 7. The molecule has 0 aromatic heterocycles. The van der Waals surface area contributed by atoms with E-state index in [1.54, 1.807) is 0 Å². The smallest absolute Gasteiger partial charge is 0.394 e. The van der Waals surface area contributed by atoms with Crippen molar-refractivity contribution in [1.29, 1.82) is 0 Å². The van der Waals surface area contributed by atoms with Crippen LogP contribution in [0, 0.1) is 0 Å². The van der Waals surface area contributed by atoms with E-state index < -0.39 is 27.3 Å². The van der Waals surface area contributed by atoms with Crippen molar-refractivity contribution >= 4 is 9.84 Å². The van der Waals surface area contributed by atoms with Crippen molar-refractivity contribution in [3.8, 4) is 0 Å². The van der Waals surface area contributed by atoms with Crippen LogP contribution in [0.2, 0.25) is 0 Å². The maximum absolute atomic E-state index is 12.5. The van der Waals surface area contributed by atoms with Gasteiger partial charge in [0.15, 0.2) is 9.84 Å². The molecule has 0 saturated heterocycles. The van der Waals surface area contributed by atoms with Gasteiger partial charge in [0.1, 0.15) is 0 Å². The van der Waals surface area contributed by atoms with E-state index in [0.717, 1.165) is 12.1 Å². The lowest BCUT2D eigenvalue weighted by atomic mass is 10.1. The highest BCUT2D eigenvalue weighted by Gasteiger charge is 2.30. The summed E-state index contributed by atoms with van der Waals surface area (Å²) in [7, 11) is -3.55. The van der Waals surface area contributed by atoms with Crippen LogP contribution in [-0.2, 0) is 26.5 Å². The van der Waals surface area contributed by atoms with Gasteiger partial charge >= 0.3 is 6.18 Å². The second-order valence-electron chi connectivity index (χ2n) is 4.13. The number of ether oxygens (including phenoxy) is 1. The Morgan fingerprint density at radius 2 is 1.90 bits per heavy atom. The molecule has 1 rings (SSSR count). The van der Waals surface area contributed by atoms with Gasteiger partial charge in [-0.25, -0.2) is 8.42 Å². The van der Waals surface area contributed by atoms with Crippen LogP contribution in [0.1, 0.15) is 11.1 Å². The topological polar surface area (TPSA) is 63.6 Å². The van der Waals surface area contributed by atoms with E-state index in [2.05, 4.69) is 0 Å². The maximum Gasteiger partial charge on any atom is 0.416 e. The average molecular weight is 312 g/mol. The van der Waals surface area contributed by atoms with Crippen molar-refractivity contribution < 1.29 is 31.4 Å². The Morgan fingerprint density at radius 1 is 1.20 bits per heavy atom. The van der Waals surface area contributed by atoms with E-state index in [1.165, 1.54) is 12.1 Å². The lowest BCUT2D eigenvalue weighted by molar-refractivity contribution is -0.137. The van der Waals surface area contributed by atoms with E-state index in [9.17, 15) is 21.6 Å². The third kappa shape index (κ3) is 5.89. The first-order chi connectivity index (χ1) is 9.24. The molecule has 0 aliphatic heterocycles. The Hall–Kier alpha value is -1.12. The van der Waals surface area contributed by atoms with Crippen LogP contribution in [-0.4, -0.2) is 39.1 Å². The van der Waals surface area contributed by atoms with E-state index in [0.29, 0.717) is 0 Å². The minimum atomic E-state index is -4.50. The van der Waals surface area contributed by atoms with E-state index in [4.69, 9.17) is 9.84 Å². The van der Waals surface area contributed by atoms with Crippen molar-refractivity contribution in [3.63, 3.8) is 0 Å². The van der Waals surface area contributed by atoms with Gasteiger partial charge in [0, 0.05) is 0 Å². The molecule has 4 nitrogen and oxygen atoms in total. The van der Waals surface area contributed by atoms with Crippen LogP contribution >= 0.6 is 0 Å². The molecule has 0 aliphatic rings. The predicted molar refractivity (Wildman–Crippen MR) is 66.8 cm³/mol. The number of sulfone groups is 1. The van der Waals surface area contributed by atoms with Gasteiger partial charge in [-0.15, -0.1) is 0 Å². The molecular weight excluding hydrogens is 297 g/mol. The summed E-state index contributed by atoms with van der Waals surface area (Å²) in [5, 5.41) is 8.46. The van der Waals surface area contributed by atoms with Crippen LogP contribution in [0.3, 0.4) is 0 Å². The standard InChI is InChI=1S/C12H15F3O4S/c13-12(14,15)11-3-1-2-10(8-11)9-20(17,18)7-6-19-5-4-16/h1-3,8,16H,4-7,9H2. The van der Waals surface area contributed by atoms with Crippen LogP contribution in [0.4, 0.5) is 13.2 Å². The Kier molecular flexibility index (Phi) is 5.97. The summed E-state index contributed by atoms with van der Waals surface area (Å²) >= 11 is 0. The number of aliphatic hydroxyl groups is 1. The monoisotopic (exact) mass is 312 g/mol. The maximum atomic E-state index is 12.5. The Balaban J connectivity index is 2.68. The van der Waals surface area contributed by atoms with E-state index in [1.807, 2.05) is 0 Å². The quantitative estimate of drug-likeness (QED) is 0.777. The van der Waals surface area contributed by atoms with Crippen molar-refractivity contribution in [2.45, 2.75) is 11.9 Å². The first-order valence-corrected chi connectivity index (χ1v) is 7.62. The molecule has 114 valence electrons. The molecule has 0 amide bonds. The van der Waals surface area contributed by atoms with Crippen molar-refractivity contribution in [1.82, 2.24) is 0 Å². The Bertz CT molecular complexity index is 526. The summed E-state index contributed by atoms with van der Waals surface area (Å²) in [6.45, 7) is -0.283. The molecule has 0 aliphatic carbocycles. The lowest BCUT2D eigenvalue weighted by Gasteiger charge is -2.09. The highest BCUT2D eigenvalue weighted by molar-refractivity contribution is 7.90. The molecule has 0 saturated carbocycles. The van der Waals surface area contributed by atoms with Gasteiger partial charge in [-0.2, -0.15) is 13.2 Å². The molecule has 0 spiro atoms. The van der Waals surface area contributed by atoms with Crippen LogP contribution in [0.15, 0.2) is 24.3 Å². The number of halogens is 3. The molecule has 0 heterocycles. The third-order valence-electron chi connectivity index (χ3n) is 2.42. The van der Waals surface area contributed by atoms with Crippen LogP contribution < -0.4 is 0 Å². The van der Waals surface area contributed by atoms with Crippen molar-refractivity contribution in [2.75, 3.05) is 25.6 Å². The number of benzene rings is 1. The highest BCUT2D eigenvalue weighted by Crippen LogP contribution is 2.29. The zero-order chi connectivity index (χ0) is 15.2. The molecule has 8 heteroatoms. The molecule has 1 aromatic carbocycles. The van der Waals surface area contributed by atoms with Gasteiger partial charge in [-0.1, -0.05) is 18.2 Å². The second kappa shape index (κ2) is 7.05. The summed E-state index contributed by atoms with van der Waals surface area (Å²) in [6, 6.07) is 4.23. The van der Waals surface area contributed by atoms with E-state index in [-0.39, 0.29) is 31.1 Å². The molecule has 0 fully saturated rings. The molecular formula is C12H15F3O4S. The molecule has 1 aromatic rings. The SMILES string of the molecule is O=S(=O)(CCOCCO)Cc1cccc(C(F)(F)F)c1. The highest BCUT2D eigenvalue weighted by atomic mass is 32.2. The van der Waals surface area contributed by atoms with Gasteiger partial charge in [0.25, 0.3) is 0 Å². The number of aliphatic hydroxyl groups excluding tert-OH is 1. The molecule has 1 N–H and O–H groups in total. The Morgan fingerprint density at radius 3 is 2.50 bits per heavy atom. The summed E-state index contributed by atoms with van der Waals surface area (Å²) < 4.78 is 65.7. The average Bonchev–Trinajstić information content (AvgIpc) is 2.33. The van der Waals surface area contributed by atoms with Crippen molar-refractivity contribution in [2.24, 2.45) is 0 Å². The second-order valence-corrected chi connectivity index (χ2v) is 6.31. The largest absolute Gasteiger partial charge is 0.416 e. The minimum absolute atomic E-state index is 0.0269. The van der Waals surface area contributed by atoms with Crippen LogP contribution in [0.25, 0.3) is 0 Å². The fourth-order valence-corrected chi connectivity index (χ4v) is 2.72. The van der Waals surface area contributed by atoms with Crippen LogP contribution in [0.5, 0.6) is 0 Å². The first kappa shape index (κ1) is 16.9. The summed E-state index contributed by atoms with van der Waals surface area (Å²) in [6.07, 6.45) is -4.50. The third-order valence-corrected chi connectivity index (χ3v) is 3.98. The molecule has 20 heavy (non-hydrogen) atoms. The Labute approximate surface area is 115 Å². The van der Waals surface area contributed by atoms with Gasteiger partial charge in [-0.05, 0) is 11.6 Å².